The molecule has 1 heterocycles. The first kappa shape index (κ1) is 15.8. The first-order valence-electron chi connectivity index (χ1n) is 6.79. The molecule has 0 spiro atoms. The summed E-state index contributed by atoms with van der Waals surface area (Å²) in [7, 11) is 0. The highest BCUT2D eigenvalue weighted by molar-refractivity contribution is 8.18. The highest BCUT2D eigenvalue weighted by atomic mass is 35.5. The molecule has 2 aromatic rings. The molecular weight excluding hydrogens is 337 g/mol. The second-order valence-electron chi connectivity index (χ2n) is 4.91. The van der Waals surface area contributed by atoms with Gasteiger partial charge in [0.15, 0.2) is 0 Å². The van der Waals surface area contributed by atoms with Gasteiger partial charge in [-0.2, -0.15) is 0 Å². The molecule has 0 aromatic heterocycles. The molecule has 23 heavy (non-hydrogen) atoms. The van der Waals surface area contributed by atoms with Crippen molar-refractivity contribution in [1.29, 1.82) is 0 Å². The van der Waals surface area contributed by atoms with Crippen LogP contribution in [-0.4, -0.2) is 16.0 Å². The zero-order chi connectivity index (χ0) is 16.4. The molecule has 1 saturated heterocycles. The second-order valence-corrected chi connectivity index (χ2v) is 6.31. The molecule has 6 heteroatoms. The van der Waals surface area contributed by atoms with Crippen molar-refractivity contribution in [3.63, 3.8) is 0 Å². The predicted molar refractivity (Wildman–Crippen MR) is 89.4 cm³/mol. The van der Waals surface area contributed by atoms with Gasteiger partial charge in [0.25, 0.3) is 11.1 Å². The van der Waals surface area contributed by atoms with Crippen molar-refractivity contribution in [2.75, 3.05) is 0 Å². The molecule has 3 rings (SSSR count). The Hall–Kier alpha value is -2.11. The Morgan fingerprint density at radius 1 is 1.13 bits per heavy atom. The maximum atomic E-state index is 13.2. The first-order chi connectivity index (χ1) is 11.0. The second kappa shape index (κ2) is 6.56. The van der Waals surface area contributed by atoms with Gasteiger partial charge in [-0.25, -0.2) is 4.39 Å². The minimum absolute atomic E-state index is 0.116. The Kier molecular flexibility index (Phi) is 4.50. The molecule has 1 aliphatic heterocycles. The van der Waals surface area contributed by atoms with Gasteiger partial charge in [0, 0.05) is 5.02 Å². The summed E-state index contributed by atoms with van der Waals surface area (Å²) in [6.45, 7) is 0.116. The van der Waals surface area contributed by atoms with Crippen molar-refractivity contribution in [3.05, 3.63) is 75.4 Å². The maximum Gasteiger partial charge on any atom is 0.293 e. The van der Waals surface area contributed by atoms with Crippen LogP contribution in [0.2, 0.25) is 5.02 Å². The van der Waals surface area contributed by atoms with Crippen LogP contribution in [0.15, 0.2) is 53.4 Å². The smallest absolute Gasteiger partial charge is 0.268 e. The van der Waals surface area contributed by atoms with E-state index in [0.29, 0.717) is 16.1 Å². The Bertz CT molecular complexity index is 822. The van der Waals surface area contributed by atoms with Gasteiger partial charge < -0.3 is 0 Å². The molecule has 0 aliphatic carbocycles. The number of imide groups is 1. The Labute approximate surface area is 141 Å². The van der Waals surface area contributed by atoms with Gasteiger partial charge in [-0.15, -0.1) is 0 Å². The maximum absolute atomic E-state index is 13.2. The fourth-order valence-corrected chi connectivity index (χ4v) is 3.21. The van der Waals surface area contributed by atoms with Crippen LogP contribution in [0.4, 0.5) is 9.18 Å². The third-order valence-electron chi connectivity index (χ3n) is 3.31. The van der Waals surface area contributed by atoms with E-state index in [4.69, 9.17) is 11.6 Å². The van der Waals surface area contributed by atoms with Crippen molar-refractivity contribution >= 4 is 40.6 Å². The van der Waals surface area contributed by atoms with E-state index in [2.05, 4.69) is 0 Å². The van der Waals surface area contributed by atoms with E-state index in [-0.39, 0.29) is 16.7 Å². The molecule has 1 fully saturated rings. The van der Waals surface area contributed by atoms with Crippen LogP contribution in [0.1, 0.15) is 11.1 Å². The van der Waals surface area contributed by atoms with Gasteiger partial charge >= 0.3 is 0 Å². The van der Waals surface area contributed by atoms with E-state index in [0.717, 1.165) is 16.7 Å². The van der Waals surface area contributed by atoms with Crippen LogP contribution in [0.5, 0.6) is 0 Å². The van der Waals surface area contributed by atoms with Crippen molar-refractivity contribution in [2.45, 2.75) is 6.54 Å². The topological polar surface area (TPSA) is 37.4 Å². The summed E-state index contributed by atoms with van der Waals surface area (Å²) in [4.78, 5) is 25.9. The van der Waals surface area contributed by atoms with Crippen LogP contribution in [0.3, 0.4) is 0 Å². The lowest BCUT2D eigenvalue weighted by Crippen LogP contribution is -2.27. The number of thioether (sulfide) groups is 1. The number of hydrogen-bond acceptors (Lipinski definition) is 3. The van der Waals surface area contributed by atoms with Gasteiger partial charge in [0.1, 0.15) is 5.82 Å². The van der Waals surface area contributed by atoms with E-state index >= 15 is 0 Å². The molecule has 0 bridgehead atoms. The van der Waals surface area contributed by atoms with Crippen LogP contribution >= 0.6 is 23.4 Å². The molecule has 1 aliphatic rings. The Balaban J connectivity index is 1.84. The van der Waals surface area contributed by atoms with E-state index in [1.807, 2.05) is 0 Å². The first-order valence-corrected chi connectivity index (χ1v) is 7.98. The molecular formula is C17H11ClFNO2S. The fraction of sp³-hybridized carbons (Fsp3) is 0.0588. The van der Waals surface area contributed by atoms with Gasteiger partial charge in [-0.3, -0.25) is 14.5 Å². The van der Waals surface area contributed by atoms with Crippen molar-refractivity contribution < 1.29 is 14.0 Å². The summed E-state index contributed by atoms with van der Waals surface area (Å²) in [6.07, 6.45) is 1.51. The number of carbonyl (C=O) groups excluding carboxylic acids is 2. The minimum Gasteiger partial charge on any atom is -0.268 e. The third kappa shape index (κ3) is 3.46. The summed E-state index contributed by atoms with van der Waals surface area (Å²) in [6, 6.07) is 12.9. The molecule has 0 N–H and O–H groups in total. The number of amides is 2. The lowest BCUT2D eigenvalue weighted by Gasteiger charge is -2.13. The Morgan fingerprint density at radius 2 is 1.91 bits per heavy atom. The molecule has 0 unspecified atom stereocenters. The van der Waals surface area contributed by atoms with Gasteiger partial charge in [0.2, 0.25) is 0 Å². The predicted octanol–water partition coefficient (Wildman–Crippen LogP) is 4.72. The van der Waals surface area contributed by atoms with Gasteiger partial charge in [0.05, 0.1) is 11.4 Å². The van der Waals surface area contributed by atoms with Crippen molar-refractivity contribution in [3.8, 4) is 0 Å². The highest BCUT2D eigenvalue weighted by Gasteiger charge is 2.35. The van der Waals surface area contributed by atoms with Gasteiger partial charge in [-0.05, 0) is 47.2 Å². The third-order valence-corrected chi connectivity index (χ3v) is 4.58. The molecule has 2 aromatic carbocycles. The zero-order valence-electron chi connectivity index (χ0n) is 11.8. The Morgan fingerprint density at radius 3 is 2.65 bits per heavy atom. The largest absolute Gasteiger partial charge is 0.293 e. The lowest BCUT2D eigenvalue weighted by molar-refractivity contribution is -0.123. The van der Waals surface area contributed by atoms with Gasteiger partial charge in [-0.1, -0.05) is 41.9 Å². The number of benzene rings is 2. The standard InChI is InChI=1S/C17H11ClFNO2S/c18-14-7-2-1-5-12(14)10-20-16(21)15(23-17(20)22)9-11-4-3-6-13(19)8-11/h1-9H,10H2/b15-9+. The molecule has 0 saturated carbocycles. The summed E-state index contributed by atoms with van der Waals surface area (Å²) in [5.41, 5.74) is 1.23. The van der Waals surface area contributed by atoms with E-state index in [1.54, 1.807) is 36.4 Å². The van der Waals surface area contributed by atoms with Crippen LogP contribution in [0, 0.1) is 5.82 Å². The SMILES string of the molecule is O=C1S/C(=C/c2cccc(F)c2)C(=O)N1Cc1ccccc1Cl. The highest BCUT2D eigenvalue weighted by Crippen LogP contribution is 2.34. The summed E-state index contributed by atoms with van der Waals surface area (Å²) < 4.78 is 13.2. The summed E-state index contributed by atoms with van der Waals surface area (Å²) in [5, 5.41) is 0.137. The number of halogens is 2. The minimum atomic E-state index is -0.399. The number of carbonyl (C=O) groups is 2. The molecule has 3 nitrogen and oxygen atoms in total. The van der Waals surface area contributed by atoms with Crippen LogP contribution in [0.25, 0.3) is 6.08 Å². The molecule has 116 valence electrons. The molecule has 0 radical (unpaired) electrons. The summed E-state index contributed by atoms with van der Waals surface area (Å²) >= 11 is 6.91. The van der Waals surface area contributed by atoms with Crippen LogP contribution < -0.4 is 0 Å². The molecule has 0 atom stereocenters. The quantitative estimate of drug-likeness (QED) is 0.754. The van der Waals surface area contributed by atoms with Crippen molar-refractivity contribution in [2.24, 2.45) is 0 Å². The molecule has 2 amide bonds. The zero-order valence-corrected chi connectivity index (χ0v) is 13.4. The van der Waals surface area contributed by atoms with E-state index in [1.165, 1.54) is 18.2 Å². The monoisotopic (exact) mass is 347 g/mol. The van der Waals surface area contributed by atoms with Crippen molar-refractivity contribution in [1.82, 2.24) is 4.90 Å². The summed E-state index contributed by atoms with van der Waals surface area (Å²) in [5.74, 6) is -0.793. The number of nitrogens with zero attached hydrogens (tertiary/aromatic N) is 1. The van der Waals surface area contributed by atoms with Crippen LogP contribution in [-0.2, 0) is 11.3 Å². The normalized spacial score (nSPS) is 16.4. The average Bonchev–Trinajstić information content (AvgIpc) is 2.77. The number of rotatable bonds is 3. The van der Waals surface area contributed by atoms with E-state index in [9.17, 15) is 14.0 Å². The lowest BCUT2D eigenvalue weighted by atomic mass is 10.2. The fourth-order valence-electron chi connectivity index (χ4n) is 2.18. The number of hydrogen-bond donors (Lipinski definition) is 0. The van der Waals surface area contributed by atoms with E-state index < -0.39 is 11.7 Å². The average molecular weight is 348 g/mol.